The number of anilines is 1. The summed E-state index contributed by atoms with van der Waals surface area (Å²) in [6.07, 6.45) is 2.97. The maximum absolute atomic E-state index is 12.1. The molecule has 1 aromatic carbocycles. The zero-order valence-electron chi connectivity index (χ0n) is 11.9. The minimum atomic E-state index is 0.0351. The topological polar surface area (TPSA) is 48.0 Å². The number of pyridine rings is 1. The Morgan fingerprint density at radius 3 is 2.80 bits per heavy atom. The van der Waals surface area contributed by atoms with Gasteiger partial charge in [0.2, 0.25) is 0 Å². The Balaban J connectivity index is 2.22. The quantitative estimate of drug-likeness (QED) is 0.678. The Bertz CT molecular complexity index is 649. The lowest BCUT2D eigenvalue weighted by molar-refractivity contribution is 0.749. The molecule has 4 heteroatoms. The highest BCUT2D eigenvalue weighted by Crippen LogP contribution is 2.18. The fourth-order valence-electron chi connectivity index (χ4n) is 1.99. The smallest absolute Gasteiger partial charge is 0.251 e. The average Bonchev–Trinajstić information content (AvgIpc) is 2.44. The molecule has 0 radical (unpaired) electrons. The van der Waals surface area contributed by atoms with Gasteiger partial charge in [-0.25, -0.2) is 0 Å². The number of nitrogens with zero attached hydrogens (tertiary/aromatic N) is 1. The Labute approximate surface area is 123 Å². The molecule has 0 saturated heterocycles. The molecule has 3 nitrogen and oxygen atoms in total. The summed E-state index contributed by atoms with van der Waals surface area (Å²) in [6.45, 7) is 4.69. The van der Waals surface area contributed by atoms with E-state index in [4.69, 9.17) is 5.73 Å². The summed E-state index contributed by atoms with van der Waals surface area (Å²) < 4.78 is 1.72. The van der Waals surface area contributed by atoms with E-state index in [0.717, 1.165) is 33.9 Å². The molecular formula is C16H20N2OS. The average molecular weight is 288 g/mol. The van der Waals surface area contributed by atoms with E-state index >= 15 is 0 Å². The van der Waals surface area contributed by atoms with Crippen molar-refractivity contribution in [1.29, 1.82) is 0 Å². The lowest BCUT2D eigenvalue weighted by Crippen LogP contribution is -2.19. The highest BCUT2D eigenvalue weighted by atomic mass is 32.2. The van der Waals surface area contributed by atoms with Crippen molar-refractivity contribution >= 4 is 17.4 Å². The van der Waals surface area contributed by atoms with Crippen LogP contribution in [0.25, 0.3) is 0 Å². The van der Waals surface area contributed by atoms with Gasteiger partial charge in [-0.1, -0.05) is 19.1 Å². The van der Waals surface area contributed by atoms with E-state index in [2.05, 4.69) is 6.92 Å². The molecule has 2 aromatic rings. The molecular weight excluding hydrogens is 268 g/mol. The van der Waals surface area contributed by atoms with Crippen molar-refractivity contribution < 1.29 is 0 Å². The third kappa shape index (κ3) is 3.45. The number of nitrogens with two attached hydrogens (primary N) is 1. The summed E-state index contributed by atoms with van der Waals surface area (Å²) in [7, 11) is 0. The van der Waals surface area contributed by atoms with Crippen LogP contribution in [-0.4, -0.2) is 10.3 Å². The number of thioether (sulfide) groups is 1. The first kappa shape index (κ1) is 14.7. The van der Waals surface area contributed by atoms with Gasteiger partial charge < -0.3 is 10.3 Å². The summed E-state index contributed by atoms with van der Waals surface area (Å²) >= 11 is 1.72. The molecule has 106 valence electrons. The molecule has 0 bridgehead atoms. The molecule has 2 rings (SSSR count). The fraction of sp³-hybridized carbons (Fsp3) is 0.312. The first-order valence-corrected chi connectivity index (χ1v) is 7.77. The highest BCUT2D eigenvalue weighted by molar-refractivity contribution is 7.99. The van der Waals surface area contributed by atoms with E-state index in [1.165, 1.54) is 0 Å². The summed E-state index contributed by atoms with van der Waals surface area (Å²) in [5.41, 5.74) is 8.83. The molecule has 0 amide bonds. The number of benzene rings is 1. The Kier molecular flexibility index (Phi) is 4.90. The van der Waals surface area contributed by atoms with Crippen molar-refractivity contribution in [3.63, 3.8) is 0 Å². The van der Waals surface area contributed by atoms with E-state index in [9.17, 15) is 4.79 Å². The SMILES string of the molecule is CCCSc1ccn(Cc2cccc(N)c2C)c(=O)c1. The van der Waals surface area contributed by atoms with Gasteiger partial charge in [-0.05, 0) is 42.4 Å². The molecule has 0 aliphatic heterocycles. The van der Waals surface area contributed by atoms with Crippen molar-refractivity contribution in [3.8, 4) is 0 Å². The van der Waals surface area contributed by atoms with E-state index in [1.54, 1.807) is 22.4 Å². The van der Waals surface area contributed by atoms with Crippen molar-refractivity contribution in [1.82, 2.24) is 4.57 Å². The third-order valence-electron chi connectivity index (χ3n) is 3.27. The van der Waals surface area contributed by atoms with E-state index in [0.29, 0.717) is 6.54 Å². The van der Waals surface area contributed by atoms with Gasteiger partial charge >= 0.3 is 0 Å². The number of aromatic nitrogens is 1. The Hall–Kier alpha value is -1.68. The standard InChI is InChI=1S/C16H20N2OS/c1-3-9-20-14-7-8-18(16(19)10-14)11-13-5-4-6-15(17)12(13)2/h4-8,10H,3,9,11,17H2,1-2H3. The van der Waals surface area contributed by atoms with Gasteiger partial charge in [0.15, 0.2) is 0 Å². The van der Waals surface area contributed by atoms with Gasteiger partial charge in [0, 0.05) is 22.8 Å². The summed E-state index contributed by atoms with van der Waals surface area (Å²) in [5, 5.41) is 0. The minimum Gasteiger partial charge on any atom is -0.399 e. The first-order chi connectivity index (χ1) is 9.61. The van der Waals surface area contributed by atoms with Gasteiger partial charge in [-0.2, -0.15) is 0 Å². The van der Waals surface area contributed by atoms with Gasteiger partial charge in [0.05, 0.1) is 6.54 Å². The number of hydrogen-bond acceptors (Lipinski definition) is 3. The van der Waals surface area contributed by atoms with Crippen LogP contribution in [-0.2, 0) is 6.54 Å². The van der Waals surface area contributed by atoms with Gasteiger partial charge in [-0.3, -0.25) is 4.79 Å². The zero-order chi connectivity index (χ0) is 14.5. The Morgan fingerprint density at radius 2 is 2.10 bits per heavy atom. The van der Waals surface area contributed by atoms with Crippen LogP contribution in [0.5, 0.6) is 0 Å². The second-order valence-electron chi connectivity index (χ2n) is 4.81. The number of hydrogen-bond donors (Lipinski definition) is 1. The second-order valence-corrected chi connectivity index (χ2v) is 5.98. The van der Waals surface area contributed by atoms with Crippen molar-refractivity contribution in [3.05, 3.63) is 58.0 Å². The summed E-state index contributed by atoms with van der Waals surface area (Å²) in [4.78, 5) is 13.2. The lowest BCUT2D eigenvalue weighted by Gasteiger charge is -2.11. The number of nitrogen functional groups attached to an aromatic ring is 1. The maximum atomic E-state index is 12.1. The molecule has 1 aromatic heterocycles. The van der Waals surface area contributed by atoms with Crippen LogP contribution in [0.3, 0.4) is 0 Å². The predicted octanol–water partition coefficient (Wildman–Crippen LogP) is 3.29. The zero-order valence-corrected chi connectivity index (χ0v) is 12.7. The normalized spacial score (nSPS) is 10.7. The van der Waals surface area contributed by atoms with E-state index < -0.39 is 0 Å². The van der Waals surface area contributed by atoms with Crippen LogP contribution in [0, 0.1) is 6.92 Å². The highest BCUT2D eigenvalue weighted by Gasteiger charge is 2.04. The van der Waals surface area contributed by atoms with E-state index in [1.807, 2.05) is 37.4 Å². The van der Waals surface area contributed by atoms with Crippen molar-refractivity contribution in [2.24, 2.45) is 0 Å². The number of rotatable bonds is 5. The molecule has 0 spiro atoms. The molecule has 2 N–H and O–H groups in total. The first-order valence-electron chi connectivity index (χ1n) is 6.79. The van der Waals surface area contributed by atoms with Crippen molar-refractivity contribution in [2.75, 3.05) is 11.5 Å². The van der Waals surface area contributed by atoms with Crippen LogP contribution in [0.15, 0.2) is 46.2 Å². The van der Waals surface area contributed by atoms with Gasteiger partial charge in [0.1, 0.15) is 0 Å². The summed E-state index contributed by atoms with van der Waals surface area (Å²) in [5.74, 6) is 1.04. The molecule has 0 aliphatic carbocycles. The molecule has 1 heterocycles. The van der Waals surface area contributed by atoms with E-state index in [-0.39, 0.29) is 5.56 Å². The van der Waals surface area contributed by atoms with Crippen LogP contribution < -0.4 is 11.3 Å². The monoisotopic (exact) mass is 288 g/mol. The lowest BCUT2D eigenvalue weighted by atomic mass is 10.1. The minimum absolute atomic E-state index is 0.0351. The third-order valence-corrected chi connectivity index (χ3v) is 4.47. The van der Waals surface area contributed by atoms with Gasteiger partial charge in [0.25, 0.3) is 5.56 Å². The van der Waals surface area contributed by atoms with Crippen LogP contribution in [0.2, 0.25) is 0 Å². The van der Waals surface area contributed by atoms with Crippen molar-refractivity contribution in [2.45, 2.75) is 31.7 Å². The molecule has 0 unspecified atom stereocenters. The predicted molar refractivity (Wildman–Crippen MR) is 86.4 cm³/mol. The van der Waals surface area contributed by atoms with Crippen LogP contribution >= 0.6 is 11.8 Å². The Morgan fingerprint density at radius 1 is 1.30 bits per heavy atom. The second kappa shape index (κ2) is 6.66. The summed E-state index contributed by atoms with van der Waals surface area (Å²) in [6, 6.07) is 9.53. The van der Waals surface area contributed by atoms with Gasteiger partial charge in [-0.15, -0.1) is 11.8 Å². The van der Waals surface area contributed by atoms with Crippen LogP contribution in [0.1, 0.15) is 24.5 Å². The fourth-order valence-corrected chi connectivity index (χ4v) is 2.77. The molecule has 0 atom stereocenters. The maximum Gasteiger partial charge on any atom is 0.251 e. The molecule has 0 aliphatic rings. The molecule has 0 fully saturated rings. The molecule has 20 heavy (non-hydrogen) atoms. The largest absolute Gasteiger partial charge is 0.399 e. The molecule has 0 saturated carbocycles. The van der Waals surface area contributed by atoms with Crippen LogP contribution in [0.4, 0.5) is 5.69 Å².